The number of nitrogens with one attached hydrogen (secondary N) is 2. The second-order valence-electron chi connectivity index (χ2n) is 6.83. The molecule has 2 unspecified atom stereocenters. The highest BCUT2D eigenvalue weighted by molar-refractivity contribution is 9.10. The Morgan fingerprint density at radius 1 is 1.12 bits per heavy atom. The lowest BCUT2D eigenvalue weighted by Gasteiger charge is -2.33. The summed E-state index contributed by atoms with van der Waals surface area (Å²) in [5.74, 6) is -2.63. The van der Waals surface area contributed by atoms with Gasteiger partial charge < -0.3 is 0 Å². The van der Waals surface area contributed by atoms with Gasteiger partial charge in [-0.3, -0.25) is 30.0 Å². The normalized spacial score (nSPS) is 27.2. The molecule has 6 nitrogen and oxygen atoms in total. The summed E-state index contributed by atoms with van der Waals surface area (Å²) in [5, 5.41) is 0. The molecule has 0 aliphatic heterocycles. The first-order chi connectivity index (χ1) is 11.2. The van der Waals surface area contributed by atoms with E-state index in [-0.39, 0.29) is 0 Å². The molecule has 2 atom stereocenters. The van der Waals surface area contributed by atoms with E-state index in [1.165, 1.54) is 0 Å². The molecule has 24 heavy (non-hydrogen) atoms. The summed E-state index contributed by atoms with van der Waals surface area (Å²) in [7, 11) is 0. The van der Waals surface area contributed by atoms with E-state index >= 15 is 0 Å². The Kier molecular flexibility index (Phi) is 3.86. The standard InChI is InChI=1S/C17H17BrN2O4/c1-16(2)11-7-8-17(16,13(22)12(11)21)15(24)20-19-14(23)9-3-5-10(18)6-4-9/h3-6,11H,7-8H2,1-2H3,(H,19,23)(H,20,24). The highest BCUT2D eigenvalue weighted by Crippen LogP contribution is 2.62. The second kappa shape index (κ2) is 5.51. The maximum Gasteiger partial charge on any atom is 0.269 e. The van der Waals surface area contributed by atoms with Crippen molar-refractivity contribution in [1.29, 1.82) is 0 Å². The number of carbonyl (C=O) groups is 4. The van der Waals surface area contributed by atoms with Crippen LogP contribution in [0, 0.1) is 16.7 Å². The molecule has 126 valence electrons. The molecule has 2 fully saturated rings. The zero-order valence-corrected chi connectivity index (χ0v) is 14.9. The van der Waals surface area contributed by atoms with Crippen molar-refractivity contribution in [2.75, 3.05) is 0 Å². The topological polar surface area (TPSA) is 92.3 Å². The van der Waals surface area contributed by atoms with Gasteiger partial charge in [0.05, 0.1) is 0 Å². The molecular weight excluding hydrogens is 376 g/mol. The van der Waals surface area contributed by atoms with Gasteiger partial charge in [-0.15, -0.1) is 0 Å². The predicted octanol–water partition coefficient (Wildman–Crippen LogP) is 1.78. The van der Waals surface area contributed by atoms with Gasteiger partial charge in [0.2, 0.25) is 11.6 Å². The van der Waals surface area contributed by atoms with Gasteiger partial charge in [-0.1, -0.05) is 29.8 Å². The fourth-order valence-corrected chi connectivity index (χ4v) is 4.24. The van der Waals surface area contributed by atoms with Crippen molar-refractivity contribution in [2.45, 2.75) is 26.7 Å². The van der Waals surface area contributed by atoms with Crippen LogP contribution in [0.4, 0.5) is 0 Å². The molecule has 2 amide bonds. The van der Waals surface area contributed by atoms with E-state index in [2.05, 4.69) is 26.8 Å². The first kappa shape index (κ1) is 16.8. The molecule has 1 aromatic carbocycles. The number of hydrogen-bond donors (Lipinski definition) is 2. The lowest BCUT2D eigenvalue weighted by Crippen LogP contribution is -2.55. The van der Waals surface area contributed by atoms with Crippen molar-refractivity contribution < 1.29 is 19.2 Å². The van der Waals surface area contributed by atoms with Crippen molar-refractivity contribution >= 4 is 39.3 Å². The minimum absolute atomic E-state index is 0.329. The van der Waals surface area contributed by atoms with Gasteiger partial charge in [0.1, 0.15) is 5.41 Å². The van der Waals surface area contributed by atoms with E-state index < -0.39 is 40.1 Å². The Balaban J connectivity index is 1.75. The molecular formula is C17H17BrN2O4. The number of benzene rings is 1. The van der Waals surface area contributed by atoms with E-state index in [4.69, 9.17) is 0 Å². The Labute approximate surface area is 147 Å². The summed E-state index contributed by atoms with van der Waals surface area (Å²) in [6.07, 6.45) is 0.848. The predicted molar refractivity (Wildman–Crippen MR) is 88.7 cm³/mol. The first-order valence-electron chi connectivity index (χ1n) is 7.67. The Hall–Kier alpha value is -2.02. The first-order valence-corrected chi connectivity index (χ1v) is 8.46. The zero-order valence-electron chi connectivity index (χ0n) is 13.3. The number of rotatable bonds is 2. The number of Topliss-reactive ketones (excluding diaryl/α,β-unsaturated/α-hetero) is 2. The number of fused-ring (bicyclic) bond motifs is 2. The number of halogens is 1. The van der Waals surface area contributed by atoms with Crippen LogP contribution in [0.2, 0.25) is 0 Å². The van der Waals surface area contributed by atoms with Crippen LogP contribution in [0.1, 0.15) is 37.0 Å². The lowest BCUT2D eigenvalue weighted by molar-refractivity contribution is -0.149. The molecule has 2 saturated carbocycles. The smallest absolute Gasteiger partial charge is 0.269 e. The van der Waals surface area contributed by atoms with Crippen LogP contribution in [0.25, 0.3) is 0 Å². The van der Waals surface area contributed by atoms with Crippen molar-refractivity contribution in [3.05, 3.63) is 34.3 Å². The van der Waals surface area contributed by atoms with Gasteiger partial charge in [0, 0.05) is 16.0 Å². The van der Waals surface area contributed by atoms with Gasteiger partial charge in [-0.05, 0) is 42.5 Å². The summed E-state index contributed by atoms with van der Waals surface area (Å²) in [4.78, 5) is 49.2. The Morgan fingerprint density at radius 3 is 2.29 bits per heavy atom. The molecule has 0 spiro atoms. The van der Waals surface area contributed by atoms with Gasteiger partial charge in [-0.2, -0.15) is 0 Å². The molecule has 2 bridgehead atoms. The summed E-state index contributed by atoms with van der Waals surface area (Å²) in [6, 6.07) is 6.62. The summed E-state index contributed by atoms with van der Waals surface area (Å²) < 4.78 is 0.829. The number of carbonyl (C=O) groups excluding carboxylic acids is 4. The third kappa shape index (κ3) is 2.14. The quantitative estimate of drug-likeness (QED) is 0.455. The van der Waals surface area contributed by atoms with Gasteiger partial charge in [0.25, 0.3) is 11.8 Å². The van der Waals surface area contributed by atoms with E-state index in [0.29, 0.717) is 18.4 Å². The van der Waals surface area contributed by atoms with Crippen molar-refractivity contribution in [3.8, 4) is 0 Å². The highest BCUT2D eigenvalue weighted by Gasteiger charge is 2.72. The maximum absolute atomic E-state index is 12.7. The van der Waals surface area contributed by atoms with E-state index in [9.17, 15) is 19.2 Å². The number of ketones is 2. The largest absolute Gasteiger partial charge is 0.291 e. The number of amides is 2. The van der Waals surface area contributed by atoms with Crippen LogP contribution < -0.4 is 10.9 Å². The molecule has 7 heteroatoms. The van der Waals surface area contributed by atoms with Gasteiger partial charge in [0.15, 0.2) is 0 Å². The fraction of sp³-hybridized carbons (Fsp3) is 0.412. The third-order valence-corrected chi connectivity index (χ3v) is 6.02. The van der Waals surface area contributed by atoms with E-state index in [0.717, 1.165) is 4.47 Å². The molecule has 2 N–H and O–H groups in total. The van der Waals surface area contributed by atoms with Crippen LogP contribution >= 0.6 is 15.9 Å². The SMILES string of the molecule is CC1(C)C2CCC1(C(=O)NNC(=O)c1ccc(Br)cc1)C(=O)C2=O. The van der Waals surface area contributed by atoms with Gasteiger partial charge in [-0.25, -0.2) is 0 Å². The van der Waals surface area contributed by atoms with E-state index in [1.807, 2.05) is 0 Å². The molecule has 2 aliphatic rings. The van der Waals surface area contributed by atoms with E-state index in [1.54, 1.807) is 38.1 Å². The molecule has 0 radical (unpaired) electrons. The number of hydrogen-bond acceptors (Lipinski definition) is 4. The molecule has 3 rings (SSSR count). The average Bonchev–Trinajstić information content (AvgIpc) is 2.89. The molecule has 2 aliphatic carbocycles. The average molecular weight is 393 g/mol. The van der Waals surface area contributed by atoms with Gasteiger partial charge >= 0.3 is 0 Å². The zero-order chi connectivity index (χ0) is 17.7. The van der Waals surface area contributed by atoms with Crippen LogP contribution in [0.3, 0.4) is 0 Å². The molecule has 0 aromatic heterocycles. The van der Waals surface area contributed by atoms with Crippen LogP contribution in [-0.2, 0) is 14.4 Å². The Bertz CT molecular complexity index is 756. The monoisotopic (exact) mass is 392 g/mol. The Morgan fingerprint density at radius 2 is 1.75 bits per heavy atom. The molecule has 1 aromatic rings. The summed E-state index contributed by atoms with van der Waals surface area (Å²) in [5.41, 5.74) is 2.91. The second-order valence-corrected chi connectivity index (χ2v) is 7.74. The van der Waals surface area contributed by atoms with Crippen LogP contribution in [-0.4, -0.2) is 23.4 Å². The fourth-order valence-electron chi connectivity index (χ4n) is 3.98. The third-order valence-electron chi connectivity index (χ3n) is 5.49. The minimum atomic E-state index is -1.39. The van der Waals surface area contributed by atoms with Crippen molar-refractivity contribution in [1.82, 2.24) is 10.9 Å². The number of hydrazine groups is 1. The van der Waals surface area contributed by atoms with Crippen LogP contribution in [0.5, 0.6) is 0 Å². The minimum Gasteiger partial charge on any atom is -0.291 e. The lowest BCUT2D eigenvalue weighted by atomic mass is 9.68. The molecule has 0 saturated heterocycles. The van der Waals surface area contributed by atoms with Crippen molar-refractivity contribution in [2.24, 2.45) is 16.7 Å². The maximum atomic E-state index is 12.7. The summed E-state index contributed by atoms with van der Waals surface area (Å²) >= 11 is 3.28. The van der Waals surface area contributed by atoms with Crippen LogP contribution in [0.15, 0.2) is 28.7 Å². The highest BCUT2D eigenvalue weighted by atomic mass is 79.9. The molecule has 0 heterocycles. The summed E-state index contributed by atoms with van der Waals surface area (Å²) in [6.45, 7) is 3.53. The van der Waals surface area contributed by atoms with Crippen molar-refractivity contribution in [3.63, 3.8) is 0 Å².